The van der Waals surface area contributed by atoms with Crippen LogP contribution in [0.3, 0.4) is 0 Å². The first kappa shape index (κ1) is 22.9. The largest absolute Gasteiger partial charge is 0.664 e. The average molecular weight is 390 g/mol. The lowest BCUT2D eigenvalue weighted by Crippen LogP contribution is -1.95. The maximum absolute atomic E-state index is 4.82. The molecular formula is C27H37N2-. The Morgan fingerprint density at radius 1 is 0.655 bits per heavy atom. The van der Waals surface area contributed by atoms with Gasteiger partial charge in [-0.25, -0.2) is 0 Å². The molecule has 29 heavy (non-hydrogen) atoms. The van der Waals surface area contributed by atoms with Crippen LogP contribution in [0.15, 0.2) is 53.7 Å². The van der Waals surface area contributed by atoms with Gasteiger partial charge < -0.3 is 5.32 Å². The van der Waals surface area contributed by atoms with Gasteiger partial charge in [-0.2, -0.15) is 6.20 Å². The molecule has 0 N–H and O–H groups in total. The van der Waals surface area contributed by atoms with Crippen molar-refractivity contribution in [2.24, 2.45) is 4.99 Å². The highest BCUT2D eigenvalue weighted by molar-refractivity contribution is 5.78. The van der Waals surface area contributed by atoms with Crippen LogP contribution in [0.5, 0.6) is 0 Å². The Morgan fingerprint density at radius 3 is 1.48 bits per heavy atom. The van der Waals surface area contributed by atoms with Gasteiger partial charge in [0.15, 0.2) is 0 Å². The predicted molar refractivity (Wildman–Crippen MR) is 130 cm³/mol. The Bertz CT molecular complexity index is 802. The first-order chi connectivity index (χ1) is 13.7. The molecule has 156 valence electrons. The molecule has 0 bridgehead atoms. The number of allylic oxidation sites excluding steroid dienone is 1. The molecule has 2 nitrogen and oxygen atoms in total. The van der Waals surface area contributed by atoms with E-state index in [0.29, 0.717) is 23.7 Å². The van der Waals surface area contributed by atoms with Crippen LogP contribution in [0.1, 0.15) is 101 Å². The summed E-state index contributed by atoms with van der Waals surface area (Å²) in [5.74, 6) is 1.78. The van der Waals surface area contributed by atoms with Crippen molar-refractivity contribution in [3.8, 4) is 0 Å². The molecule has 0 aliphatic carbocycles. The number of hydrogen-bond acceptors (Lipinski definition) is 1. The van der Waals surface area contributed by atoms with Crippen molar-refractivity contribution in [1.29, 1.82) is 0 Å². The molecule has 0 atom stereocenters. The number of para-hydroxylation sites is 2. The van der Waals surface area contributed by atoms with Gasteiger partial charge in [-0.15, -0.1) is 5.69 Å². The molecule has 2 rings (SSSR count). The number of nitrogens with zero attached hydrogens (tertiary/aromatic N) is 2. The number of hydrogen-bond donors (Lipinski definition) is 0. The summed E-state index contributed by atoms with van der Waals surface area (Å²) in [7, 11) is 0. The van der Waals surface area contributed by atoms with E-state index in [-0.39, 0.29) is 0 Å². The van der Waals surface area contributed by atoms with Gasteiger partial charge in [0.1, 0.15) is 0 Å². The second-order valence-electron chi connectivity index (χ2n) is 8.94. The second kappa shape index (κ2) is 10.4. The van der Waals surface area contributed by atoms with E-state index in [1.165, 1.54) is 22.3 Å². The Labute approximate surface area is 178 Å². The fraction of sp³-hybridized carbons (Fsp3) is 0.444. The van der Waals surface area contributed by atoms with Crippen LogP contribution in [0.2, 0.25) is 0 Å². The van der Waals surface area contributed by atoms with Crippen LogP contribution in [-0.4, -0.2) is 6.21 Å². The molecule has 0 saturated carbocycles. The van der Waals surface area contributed by atoms with E-state index in [1.807, 2.05) is 18.5 Å². The quantitative estimate of drug-likeness (QED) is 0.402. The van der Waals surface area contributed by atoms with Crippen LogP contribution in [0, 0.1) is 0 Å². The van der Waals surface area contributed by atoms with Gasteiger partial charge in [0, 0.05) is 6.21 Å². The predicted octanol–water partition coefficient (Wildman–Crippen LogP) is 9.10. The molecule has 0 heterocycles. The van der Waals surface area contributed by atoms with Gasteiger partial charge in [0.05, 0.1) is 5.69 Å². The molecule has 0 saturated heterocycles. The summed E-state index contributed by atoms with van der Waals surface area (Å²) in [5, 5.41) is 4.82. The molecule has 0 fully saturated rings. The summed E-state index contributed by atoms with van der Waals surface area (Å²) in [5.41, 5.74) is 7.39. The number of benzene rings is 2. The highest BCUT2D eigenvalue weighted by Crippen LogP contribution is 2.38. The normalized spacial score (nSPS) is 12.4. The number of aliphatic imine (C=N–C) groups is 1. The van der Waals surface area contributed by atoms with Crippen LogP contribution in [0.25, 0.3) is 5.32 Å². The van der Waals surface area contributed by atoms with Gasteiger partial charge in [-0.05, 0) is 34.8 Å². The summed E-state index contributed by atoms with van der Waals surface area (Å²) in [6.07, 6.45) is 5.70. The Hall–Kier alpha value is -2.35. The molecule has 2 aromatic rings. The van der Waals surface area contributed by atoms with E-state index in [1.54, 1.807) is 0 Å². The minimum absolute atomic E-state index is 0.445. The average Bonchev–Trinajstić information content (AvgIpc) is 2.66. The molecule has 0 amide bonds. The third-order valence-electron chi connectivity index (χ3n) is 5.26. The van der Waals surface area contributed by atoms with Gasteiger partial charge >= 0.3 is 0 Å². The maximum atomic E-state index is 4.82. The molecule has 0 unspecified atom stereocenters. The highest BCUT2D eigenvalue weighted by Gasteiger charge is 2.12. The fourth-order valence-electron chi connectivity index (χ4n) is 3.60. The van der Waals surface area contributed by atoms with Gasteiger partial charge in [-0.1, -0.05) is 109 Å². The van der Waals surface area contributed by atoms with E-state index in [4.69, 9.17) is 10.3 Å². The van der Waals surface area contributed by atoms with Crippen LogP contribution >= 0.6 is 0 Å². The molecule has 0 spiro atoms. The van der Waals surface area contributed by atoms with E-state index < -0.39 is 0 Å². The van der Waals surface area contributed by atoms with E-state index in [0.717, 1.165) is 11.4 Å². The second-order valence-corrected chi connectivity index (χ2v) is 8.94. The first-order valence-electron chi connectivity index (χ1n) is 10.9. The lowest BCUT2D eigenvalue weighted by molar-refractivity contribution is 0.835. The van der Waals surface area contributed by atoms with Gasteiger partial charge in [0.2, 0.25) is 0 Å². The summed E-state index contributed by atoms with van der Waals surface area (Å²) in [4.78, 5) is 4.82. The molecule has 0 aliphatic heterocycles. The minimum atomic E-state index is 0.445. The SMILES string of the molecule is CC(C)c1cccc(C(C)C)c1N=C/C=C/[N-]c1c(C(C)C)cccc1C(C)C. The molecular weight excluding hydrogens is 352 g/mol. The van der Waals surface area contributed by atoms with Crippen molar-refractivity contribution in [2.45, 2.75) is 79.1 Å². The topological polar surface area (TPSA) is 26.5 Å². The zero-order valence-corrected chi connectivity index (χ0v) is 19.4. The standard InChI is InChI=1S/C27H37N2/c1-18(2)22-12-9-13-23(19(3)4)26(22)28-16-11-17-29-27-24(20(5)6)14-10-15-25(27)21(7)8/h9-21H,1-8H3/q-1/b16-11+,29-17?. The molecule has 0 aromatic heterocycles. The Balaban J connectivity index is 2.28. The van der Waals surface area contributed by atoms with Crippen molar-refractivity contribution in [3.05, 3.63) is 76.2 Å². The number of rotatable bonds is 8. The van der Waals surface area contributed by atoms with Crippen molar-refractivity contribution in [2.75, 3.05) is 0 Å². The molecule has 2 heteroatoms. The summed E-state index contributed by atoms with van der Waals surface area (Å²) in [6, 6.07) is 13.0. The Kier molecular flexibility index (Phi) is 8.25. The first-order valence-corrected chi connectivity index (χ1v) is 10.9. The van der Waals surface area contributed by atoms with Crippen molar-refractivity contribution in [3.63, 3.8) is 0 Å². The summed E-state index contributed by atoms with van der Waals surface area (Å²) < 4.78 is 0. The van der Waals surface area contributed by atoms with Crippen molar-refractivity contribution < 1.29 is 0 Å². The fourth-order valence-corrected chi connectivity index (χ4v) is 3.60. The van der Waals surface area contributed by atoms with Crippen LogP contribution in [-0.2, 0) is 0 Å². The minimum Gasteiger partial charge on any atom is -0.664 e. The summed E-state index contributed by atoms with van der Waals surface area (Å²) >= 11 is 0. The van der Waals surface area contributed by atoms with Crippen molar-refractivity contribution >= 4 is 17.6 Å². The lowest BCUT2D eigenvalue weighted by Gasteiger charge is -2.29. The third kappa shape index (κ3) is 5.82. The zero-order chi connectivity index (χ0) is 21.6. The zero-order valence-electron chi connectivity index (χ0n) is 19.4. The smallest absolute Gasteiger partial charge is 0.0698 e. The van der Waals surface area contributed by atoms with Crippen LogP contribution in [0.4, 0.5) is 11.4 Å². The van der Waals surface area contributed by atoms with E-state index >= 15 is 0 Å². The Morgan fingerprint density at radius 2 is 1.07 bits per heavy atom. The lowest BCUT2D eigenvalue weighted by atomic mass is 9.93. The monoisotopic (exact) mass is 389 g/mol. The van der Waals surface area contributed by atoms with Gasteiger partial charge in [-0.3, -0.25) is 4.99 Å². The third-order valence-corrected chi connectivity index (χ3v) is 5.26. The van der Waals surface area contributed by atoms with E-state index in [2.05, 4.69) is 91.8 Å². The molecule has 2 aromatic carbocycles. The maximum Gasteiger partial charge on any atom is 0.0698 e. The van der Waals surface area contributed by atoms with Crippen molar-refractivity contribution in [1.82, 2.24) is 0 Å². The highest BCUT2D eigenvalue weighted by atomic mass is 14.9. The molecule has 0 radical (unpaired) electrons. The molecule has 0 aliphatic rings. The van der Waals surface area contributed by atoms with E-state index in [9.17, 15) is 0 Å². The van der Waals surface area contributed by atoms with Crippen LogP contribution < -0.4 is 0 Å². The summed E-state index contributed by atoms with van der Waals surface area (Å²) in [6.45, 7) is 17.8. The van der Waals surface area contributed by atoms with Gasteiger partial charge in [0.25, 0.3) is 0 Å².